The van der Waals surface area contributed by atoms with Gasteiger partial charge in [0.05, 0.1) is 0 Å². The Bertz CT molecular complexity index is 200. The Kier molecular flexibility index (Phi) is 17.4. The molecule has 0 radical (unpaired) electrons. The first-order chi connectivity index (χ1) is 6.25. The summed E-state index contributed by atoms with van der Waals surface area (Å²) in [6, 6.07) is 0. The van der Waals surface area contributed by atoms with Crippen LogP contribution in [0.3, 0.4) is 0 Å². The molecule has 0 aliphatic rings. The van der Waals surface area contributed by atoms with Crippen LogP contribution in [0.15, 0.2) is 0 Å². The van der Waals surface area contributed by atoms with Gasteiger partial charge >= 0.3 is 144 Å². The molecule has 14 heavy (non-hydrogen) atoms. The maximum absolute atomic E-state index is 2.24. The van der Waals surface area contributed by atoms with Crippen LogP contribution in [0, 0.1) is 0 Å². The van der Waals surface area contributed by atoms with E-state index in [1.807, 2.05) is 11.8 Å². The van der Waals surface area contributed by atoms with Gasteiger partial charge in [0.1, 0.15) is 0 Å². The fourth-order valence-electron chi connectivity index (χ4n) is 0.405. The van der Waals surface area contributed by atoms with Gasteiger partial charge < -0.3 is 0 Å². The van der Waals surface area contributed by atoms with E-state index in [1.165, 1.54) is 6.46 Å². The molecular formula is C8H12SSeW4. The second kappa shape index (κ2) is 12.6. The molecule has 0 heterocycles. The van der Waals surface area contributed by atoms with E-state index in [0.29, 0.717) is 0 Å². The second-order valence-electron chi connectivity index (χ2n) is 2.17. The van der Waals surface area contributed by atoms with Gasteiger partial charge in [-0.15, -0.1) is 0 Å². The van der Waals surface area contributed by atoms with Gasteiger partial charge in [0, 0.05) is 0 Å². The number of thioether (sulfide) groups is 1. The van der Waals surface area contributed by atoms with E-state index >= 15 is 0 Å². The van der Waals surface area contributed by atoms with Crippen molar-refractivity contribution >= 4 is 38.8 Å². The van der Waals surface area contributed by atoms with E-state index in [9.17, 15) is 0 Å². The summed E-state index contributed by atoms with van der Waals surface area (Å²) in [5.41, 5.74) is 0. The Hall–Kier alpha value is 3.10. The van der Waals surface area contributed by atoms with Gasteiger partial charge in [0.2, 0.25) is 0 Å². The summed E-state index contributed by atoms with van der Waals surface area (Å²) in [7, 11) is 0. The third kappa shape index (κ3) is 24.4. The molecule has 0 aromatic heterocycles. The number of hydrogen-bond acceptors (Lipinski definition) is 1. The van der Waals surface area contributed by atoms with Crippen LogP contribution in [0.25, 0.3) is 0 Å². The summed E-state index contributed by atoms with van der Waals surface area (Å²) in [6.07, 6.45) is 0. The molecule has 0 bridgehead atoms. The van der Waals surface area contributed by atoms with E-state index in [0.717, 1.165) is 15.0 Å². The summed E-state index contributed by atoms with van der Waals surface area (Å²) < 4.78 is 6.38. The molecule has 0 aromatic rings. The average Bonchev–Trinajstić information content (AvgIpc) is 1.79. The van der Waals surface area contributed by atoms with Gasteiger partial charge in [-0.3, -0.25) is 0 Å². The summed E-state index contributed by atoms with van der Waals surface area (Å²) in [5, 5.41) is 0. The second-order valence-corrected chi connectivity index (χ2v) is 22.0. The van der Waals surface area contributed by atoms with Crippen molar-refractivity contribution in [3.63, 3.8) is 0 Å². The maximum atomic E-state index is 2.24. The Morgan fingerprint density at radius 3 is 1.07 bits per heavy atom. The van der Waals surface area contributed by atoms with E-state index in [2.05, 4.69) is 27.7 Å². The zero-order valence-electron chi connectivity index (χ0n) is 8.45. The molecule has 0 fully saturated rings. The third-order valence-corrected chi connectivity index (χ3v) is 7.26. The molecule has 0 N–H and O–H groups in total. The zero-order chi connectivity index (χ0) is 11.7. The van der Waals surface area contributed by atoms with Gasteiger partial charge in [-0.2, -0.15) is 0 Å². The van der Waals surface area contributed by atoms with E-state index in [4.69, 9.17) is 0 Å². The van der Waals surface area contributed by atoms with Gasteiger partial charge in [-0.1, -0.05) is 0 Å². The molecule has 0 aliphatic carbocycles. The van der Waals surface area contributed by atoms with E-state index in [-0.39, 0.29) is 0 Å². The Labute approximate surface area is 141 Å². The molecule has 80 valence electrons. The van der Waals surface area contributed by atoms with Gasteiger partial charge in [-0.05, 0) is 0 Å². The van der Waals surface area contributed by atoms with Crippen LogP contribution in [-0.4, -0.2) is 27.0 Å². The minimum absolute atomic E-state index is 0.782. The van der Waals surface area contributed by atoms with Crippen molar-refractivity contribution in [2.75, 3.05) is 0 Å². The molecule has 6 heteroatoms. The summed E-state index contributed by atoms with van der Waals surface area (Å²) in [4.78, 5) is 0. The van der Waals surface area contributed by atoms with Crippen LogP contribution in [0.1, 0.15) is 27.7 Å². The molecule has 0 atom stereocenters. The standard InChI is InChI=1S/C4H6S.C4H6Se.4W/c2*1-3-5-4-2;;;;/h2*1-2H3;;;;. The predicted molar refractivity (Wildman–Crippen MR) is 56.1 cm³/mol. The Morgan fingerprint density at radius 1 is 0.786 bits per heavy atom. The molecule has 0 saturated carbocycles. The first-order valence-electron chi connectivity index (χ1n) is 3.63. The van der Waals surface area contributed by atoms with Crippen molar-refractivity contribution in [3.8, 4) is 0 Å². The van der Waals surface area contributed by atoms with Crippen LogP contribution < -0.4 is 0 Å². The Morgan fingerprint density at radius 2 is 1.07 bits per heavy atom. The van der Waals surface area contributed by atoms with Gasteiger partial charge in [0.25, 0.3) is 0 Å². The van der Waals surface area contributed by atoms with Crippen molar-refractivity contribution in [1.82, 2.24) is 0 Å². The van der Waals surface area contributed by atoms with Crippen LogP contribution in [0.5, 0.6) is 0 Å². The molecular weight excluding hydrogens is 942 g/mol. The van der Waals surface area contributed by atoms with Crippen LogP contribution in [0.4, 0.5) is 0 Å². The molecule has 0 spiro atoms. The molecule has 0 aromatic carbocycles. The molecule has 0 saturated heterocycles. The monoisotopic (exact) mass is 956 g/mol. The van der Waals surface area contributed by atoms with Crippen LogP contribution >= 0.6 is 11.8 Å². The molecule has 0 rings (SSSR count). The summed E-state index contributed by atoms with van der Waals surface area (Å²) in [5.74, 6) is 0. The molecule has 0 nitrogen and oxygen atoms in total. The molecule has 0 amide bonds. The molecule has 0 aliphatic heterocycles. The van der Waals surface area contributed by atoms with E-state index < -0.39 is 0 Å². The first kappa shape index (κ1) is 19.4. The average molecular weight is 955 g/mol. The third-order valence-electron chi connectivity index (χ3n) is 0.575. The minimum atomic E-state index is 0.782. The summed E-state index contributed by atoms with van der Waals surface area (Å²) in [6.45, 7) is 8.82. The predicted octanol–water partition coefficient (Wildman–Crippen LogP) is 1.20. The van der Waals surface area contributed by atoms with Crippen LogP contribution in [-0.2, 0) is 77.4 Å². The zero-order valence-corrected chi connectivity index (χ0v) is 22.7. The fourth-order valence-corrected chi connectivity index (χ4v) is 15.8. The van der Waals surface area contributed by atoms with Crippen molar-refractivity contribution in [3.05, 3.63) is 0 Å². The Balaban J connectivity index is 0. The van der Waals surface area contributed by atoms with Crippen molar-refractivity contribution in [2.45, 2.75) is 27.7 Å². The van der Waals surface area contributed by atoms with Crippen molar-refractivity contribution in [1.29, 1.82) is 0 Å². The molecule has 0 unspecified atom stereocenters. The van der Waals surface area contributed by atoms with E-state index in [1.54, 1.807) is 83.0 Å². The number of rotatable bonds is 4. The first-order valence-corrected chi connectivity index (χ1v) is 12.0. The van der Waals surface area contributed by atoms with Gasteiger partial charge in [0.15, 0.2) is 0 Å². The summed E-state index contributed by atoms with van der Waals surface area (Å²) >= 11 is 9.22. The van der Waals surface area contributed by atoms with Crippen LogP contribution in [0.2, 0.25) is 0 Å². The number of hydrogen-bond donors (Lipinski definition) is 0. The van der Waals surface area contributed by atoms with Gasteiger partial charge in [-0.25, -0.2) is 0 Å². The quantitative estimate of drug-likeness (QED) is 0.383. The van der Waals surface area contributed by atoms with Crippen molar-refractivity contribution < 1.29 is 77.4 Å². The SMILES string of the molecule is C[C](=[W])S[C](C)=[W].C[C](=[W])[Se][C](C)=[W]. The topological polar surface area (TPSA) is 0 Å². The normalized spacial score (nSPS) is 8.29. The van der Waals surface area contributed by atoms with Crippen molar-refractivity contribution in [2.24, 2.45) is 0 Å². The fraction of sp³-hybridized carbons (Fsp3) is 0.500.